The van der Waals surface area contributed by atoms with Gasteiger partial charge in [-0.2, -0.15) is 0 Å². The Bertz CT molecular complexity index is 858. The topological polar surface area (TPSA) is 41.6 Å². The zero-order valence-corrected chi connectivity index (χ0v) is 16.0. The van der Waals surface area contributed by atoms with Gasteiger partial charge >= 0.3 is 0 Å². The van der Waals surface area contributed by atoms with Crippen LogP contribution in [0.3, 0.4) is 0 Å². The number of hydroxylamine groups is 1. The molecule has 4 nitrogen and oxygen atoms in total. The molecule has 27 heavy (non-hydrogen) atoms. The molecule has 1 heterocycles. The molecular weight excluding hydrogens is 360 g/mol. The van der Waals surface area contributed by atoms with E-state index in [0.29, 0.717) is 11.8 Å². The van der Waals surface area contributed by atoms with Gasteiger partial charge in [-0.15, -0.1) is 11.6 Å². The van der Waals surface area contributed by atoms with E-state index in [9.17, 15) is 4.79 Å². The molecule has 0 spiro atoms. The van der Waals surface area contributed by atoms with Crippen molar-refractivity contribution in [1.82, 2.24) is 0 Å². The first-order chi connectivity index (χ1) is 13.1. The van der Waals surface area contributed by atoms with Gasteiger partial charge in [-0.05, 0) is 49.4 Å². The number of amides is 1. The second-order valence-corrected chi connectivity index (χ2v) is 8.53. The first-order valence-electron chi connectivity index (χ1n) is 9.65. The van der Waals surface area contributed by atoms with Crippen molar-refractivity contribution in [2.45, 2.75) is 37.3 Å². The summed E-state index contributed by atoms with van der Waals surface area (Å²) in [4.78, 5) is 19.8. The van der Waals surface area contributed by atoms with Crippen molar-refractivity contribution in [3.63, 3.8) is 0 Å². The molecule has 2 aromatic rings. The third-order valence-corrected chi connectivity index (χ3v) is 6.95. The molecule has 1 amide bonds. The third-order valence-electron chi connectivity index (χ3n) is 6.45. The van der Waals surface area contributed by atoms with E-state index in [2.05, 4.69) is 5.32 Å². The van der Waals surface area contributed by atoms with Crippen molar-refractivity contribution in [2.24, 2.45) is 17.8 Å². The zero-order chi connectivity index (χ0) is 18.5. The number of rotatable bonds is 3. The van der Waals surface area contributed by atoms with Crippen molar-refractivity contribution < 1.29 is 9.63 Å². The molecule has 2 aromatic carbocycles. The van der Waals surface area contributed by atoms with Crippen LogP contribution in [0.4, 0.5) is 11.4 Å². The Morgan fingerprint density at radius 1 is 1.11 bits per heavy atom. The number of carbonyl (C=O) groups is 1. The quantitative estimate of drug-likeness (QED) is 0.800. The van der Waals surface area contributed by atoms with Gasteiger partial charge in [-0.3, -0.25) is 9.63 Å². The molecule has 2 bridgehead atoms. The van der Waals surface area contributed by atoms with E-state index in [0.717, 1.165) is 29.8 Å². The number of halogens is 1. The minimum Gasteiger partial charge on any atom is -0.324 e. The molecule has 3 aliphatic rings. The van der Waals surface area contributed by atoms with Gasteiger partial charge in [-0.25, -0.2) is 5.06 Å². The van der Waals surface area contributed by atoms with Crippen molar-refractivity contribution in [1.29, 1.82) is 0 Å². The molecule has 3 fully saturated rings. The summed E-state index contributed by atoms with van der Waals surface area (Å²) in [5, 5.41) is 5.13. The highest BCUT2D eigenvalue weighted by Gasteiger charge is 2.62. The van der Waals surface area contributed by atoms with Gasteiger partial charge in [0, 0.05) is 22.9 Å². The lowest BCUT2D eigenvalue weighted by Gasteiger charge is -2.29. The van der Waals surface area contributed by atoms with E-state index in [1.165, 1.54) is 0 Å². The minimum absolute atomic E-state index is 0.000625. The van der Waals surface area contributed by atoms with Crippen LogP contribution < -0.4 is 10.4 Å². The van der Waals surface area contributed by atoms with E-state index in [1.807, 2.05) is 66.6 Å². The average molecular weight is 383 g/mol. The number of hydrogen-bond donors (Lipinski definition) is 1. The Morgan fingerprint density at radius 2 is 1.85 bits per heavy atom. The summed E-state index contributed by atoms with van der Waals surface area (Å²) in [7, 11) is 0. The van der Waals surface area contributed by atoms with Crippen molar-refractivity contribution in [3.8, 4) is 0 Å². The predicted octanol–water partition coefficient (Wildman–Crippen LogP) is 4.39. The van der Waals surface area contributed by atoms with Crippen molar-refractivity contribution in [2.75, 3.05) is 10.4 Å². The summed E-state index contributed by atoms with van der Waals surface area (Å²) >= 11 is 6.55. The lowest BCUT2D eigenvalue weighted by molar-refractivity contribution is -0.118. The fourth-order valence-corrected chi connectivity index (χ4v) is 5.68. The Balaban J connectivity index is 1.48. The number of anilines is 2. The fraction of sp³-hybridized carbons (Fsp3) is 0.409. The van der Waals surface area contributed by atoms with Gasteiger partial charge in [0.15, 0.2) is 0 Å². The number of carbonyl (C=O) groups excluding carboxylic acids is 1. The molecule has 5 heteroatoms. The van der Waals surface area contributed by atoms with Crippen LogP contribution in [-0.2, 0) is 9.63 Å². The number of benzene rings is 2. The van der Waals surface area contributed by atoms with Crippen LogP contribution in [-0.4, -0.2) is 23.4 Å². The Kier molecular flexibility index (Phi) is 4.14. The minimum atomic E-state index is -0.337. The van der Waals surface area contributed by atoms with Gasteiger partial charge in [0.2, 0.25) is 5.91 Å². The summed E-state index contributed by atoms with van der Waals surface area (Å²) in [6, 6.07) is 17.5. The van der Waals surface area contributed by atoms with E-state index in [4.69, 9.17) is 16.4 Å². The van der Waals surface area contributed by atoms with E-state index in [-0.39, 0.29) is 29.3 Å². The summed E-state index contributed by atoms with van der Waals surface area (Å²) in [5.74, 6) is 0.974. The molecule has 1 N–H and O–H groups in total. The number of fused-ring (bicyclic) bond motifs is 5. The van der Waals surface area contributed by atoms with Gasteiger partial charge in [0.1, 0.15) is 6.04 Å². The Labute approximate surface area is 164 Å². The molecule has 1 saturated heterocycles. The van der Waals surface area contributed by atoms with Crippen LogP contribution in [0.2, 0.25) is 0 Å². The van der Waals surface area contributed by atoms with Gasteiger partial charge < -0.3 is 5.32 Å². The lowest BCUT2D eigenvalue weighted by Crippen LogP contribution is -2.45. The largest absolute Gasteiger partial charge is 0.324 e. The molecule has 0 radical (unpaired) electrons. The van der Waals surface area contributed by atoms with Crippen LogP contribution in [0.25, 0.3) is 0 Å². The molecule has 0 unspecified atom stereocenters. The van der Waals surface area contributed by atoms with Gasteiger partial charge in [0.05, 0.1) is 11.8 Å². The van der Waals surface area contributed by atoms with Gasteiger partial charge in [-0.1, -0.05) is 36.4 Å². The molecule has 2 saturated carbocycles. The maximum absolute atomic E-state index is 13.4. The van der Waals surface area contributed by atoms with Crippen molar-refractivity contribution >= 4 is 28.9 Å². The number of alkyl halides is 1. The molecule has 140 valence electrons. The third kappa shape index (κ3) is 2.74. The van der Waals surface area contributed by atoms with E-state index >= 15 is 0 Å². The highest BCUT2D eigenvalue weighted by molar-refractivity contribution is 6.21. The number of aryl methyl sites for hydroxylation is 1. The van der Waals surface area contributed by atoms with Crippen molar-refractivity contribution in [3.05, 3.63) is 60.2 Å². The SMILES string of the molecule is Cc1ccccc1NC(=O)[C@@H]1[C@H]2[C@H]3C[C@@H]([C@@H]2ON1c1ccccc1)[C@H](Cl)C3. The van der Waals surface area contributed by atoms with E-state index in [1.54, 1.807) is 0 Å². The lowest BCUT2D eigenvalue weighted by atomic mass is 9.81. The van der Waals surface area contributed by atoms with Gasteiger partial charge in [0.25, 0.3) is 0 Å². The maximum Gasteiger partial charge on any atom is 0.250 e. The molecule has 6 atom stereocenters. The number of hydrogen-bond acceptors (Lipinski definition) is 3. The molecule has 2 aliphatic carbocycles. The summed E-state index contributed by atoms with van der Waals surface area (Å²) < 4.78 is 0. The van der Waals surface area contributed by atoms with Crippen LogP contribution in [0.15, 0.2) is 54.6 Å². The number of para-hydroxylation sites is 2. The van der Waals surface area contributed by atoms with E-state index < -0.39 is 0 Å². The molecule has 0 aromatic heterocycles. The zero-order valence-electron chi connectivity index (χ0n) is 15.2. The summed E-state index contributed by atoms with van der Waals surface area (Å²) in [6.45, 7) is 2.01. The molecular formula is C22H23ClN2O2. The summed E-state index contributed by atoms with van der Waals surface area (Å²) in [5.41, 5.74) is 2.83. The number of nitrogens with zero attached hydrogens (tertiary/aromatic N) is 1. The monoisotopic (exact) mass is 382 g/mol. The Hall–Kier alpha value is -2.04. The van der Waals surface area contributed by atoms with Crippen LogP contribution >= 0.6 is 11.6 Å². The standard InChI is InChI=1S/C22H23ClN2O2/c1-13-7-5-6-10-18(13)24-22(26)20-19-14-11-16(17(23)12-14)21(19)27-25(20)15-8-3-2-4-9-15/h2-10,14,16-17,19-21H,11-12H2,1H3,(H,24,26)/t14-,16+,17+,19+,20-,21-/m0/s1. The highest BCUT2D eigenvalue weighted by Crippen LogP contribution is 2.57. The highest BCUT2D eigenvalue weighted by atomic mass is 35.5. The fourth-order valence-electron chi connectivity index (χ4n) is 5.20. The normalized spacial score (nSPS) is 33.9. The maximum atomic E-state index is 13.4. The number of nitrogens with one attached hydrogen (secondary N) is 1. The van der Waals surface area contributed by atoms with Crippen LogP contribution in [0, 0.1) is 24.7 Å². The molecule has 1 aliphatic heterocycles. The predicted molar refractivity (Wildman–Crippen MR) is 107 cm³/mol. The van der Waals surface area contributed by atoms with Crippen LogP contribution in [0.1, 0.15) is 18.4 Å². The Morgan fingerprint density at radius 3 is 2.63 bits per heavy atom. The smallest absolute Gasteiger partial charge is 0.250 e. The first kappa shape index (κ1) is 17.1. The average Bonchev–Trinajstić information content (AvgIpc) is 3.34. The summed E-state index contributed by atoms with van der Waals surface area (Å²) in [6.07, 6.45) is 2.08. The second-order valence-electron chi connectivity index (χ2n) is 7.97. The molecule has 5 rings (SSSR count). The second kappa shape index (κ2) is 6.54. The van der Waals surface area contributed by atoms with Crippen LogP contribution in [0.5, 0.6) is 0 Å². The first-order valence-corrected chi connectivity index (χ1v) is 10.1.